The number of aliphatic carboxylic acids is 1. The summed E-state index contributed by atoms with van der Waals surface area (Å²) < 4.78 is 11.9. The Morgan fingerprint density at radius 2 is 1.70 bits per heavy atom. The van der Waals surface area contributed by atoms with Gasteiger partial charge in [-0.1, -0.05) is 48.5 Å². The number of carbonyl (C=O) groups excluding carboxylic acids is 1. The third-order valence-corrected chi connectivity index (χ3v) is 6.22. The van der Waals surface area contributed by atoms with Crippen molar-refractivity contribution >= 4 is 5.97 Å². The number of ether oxygens (including phenoxy) is 2. The van der Waals surface area contributed by atoms with E-state index in [1.807, 2.05) is 31.2 Å². The molecule has 33 heavy (non-hydrogen) atoms. The van der Waals surface area contributed by atoms with Crippen molar-refractivity contribution in [3.05, 3.63) is 88.5 Å². The molecular formula is C28H29NaO4. The molecular weight excluding hydrogens is 423 g/mol. The summed E-state index contributed by atoms with van der Waals surface area (Å²) in [7, 11) is 0. The van der Waals surface area contributed by atoms with E-state index in [9.17, 15) is 9.90 Å². The van der Waals surface area contributed by atoms with Crippen LogP contribution in [0.5, 0.6) is 5.75 Å². The number of fused-ring (bicyclic) bond motifs is 1. The van der Waals surface area contributed by atoms with Crippen LogP contribution in [0.3, 0.4) is 0 Å². The Balaban J connectivity index is 0.00000306. The molecule has 3 aromatic carbocycles. The predicted octanol–water partition coefficient (Wildman–Crippen LogP) is 2.26. The number of carboxylic acid groups (broad SMARTS) is 1. The number of hydrogen-bond acceptors (Lipinski definition) is 4. The van der Waals surface area contributed by atoms with Crippen LogP contribution in [0, 0.1) is 13.8 Å². The summed E-state index contributed by atoms with van der Waals surface area (Å²) in [5.41, 5.74) is 8.64. The van der Waals surface area contributed by atoms with E-state index in [2.05, 4.69) is 50.2 Å². The van der Waals surface area contributed by atoms with Gasteiger partial charge >= 0.3 is 29.6 Å². The fourth-order valence-corrected chi connectivity index (χ4v) is 4.76. The number of carbonyl (C=O) groups is 1. The van der Waals surface area contributed by atoms with Gasteiger partial charge in [0.25, 0.3) is 0 Å². The van der Waals surface area contributed by atoms with E-state index in [0.29, 0.717) is 6.61 Å². The second-order valence-corrected chi connectivity index (χ2v) is 8.37. The number of benzene rings is 3. The summed E-state index contributed by atoms with van der Waals surface area (Å²) in [5, 5.41) is 11.0. The van der Waals surface area contributed by atoms with Gasteiger partial charge in [-0.25, -0.2) is 0 Å². The molecule has 0 fully saturated rings. The Bertz CT molecular complexity index is 1090. The molecule has 0 saturated carbocycles. The molecule has 0 aliphatic heterocycles. The second-order valence-electron chi connectivity index (χ2n) is 8.37. The van der Waals surface area contributed by atoms with Gasteiger partial charge in [0.05, 0.1) is 6.10 Å². The average Bonchev–Trinajstić information content (AvgIpc) is 3.17. The van der Waals surface area contributed by atoms with E-state index >= 15 is 0 Å². The predicted molar refractivity (Wildman–Crippen MR) is 123 cm³/mol. The van der Waals surface area contributed by atoms with E-state index < -0.39 is 12.1 Å². The van der Waals surface area contributed by atoms with Crippen LogP contribution in [0.15, 0.2) is 60.7 Å². The Kier molecular flexibility index (Phi) is 8.77. The molecule has 0 N–H and O–H groups in total. The topological polar surface area (TPSA) is 58.6 Å². The van der Waals surface area contributed by atoms with Gasteiger partial charge in [0.15, 0.2) is 0 Å². The van der Waals surface area contributed by atoms with Crippen molar-refractivity contribution in [1.29, 1.82) is 0 Å². The van der Waals surface area contributed by atoms with Gasteiger partial charge in [-0.2, -0.15) is 0 Å². The van der Waals surface area contributed by atoms with Crippen molar-refractivity contribution in [2.45, 2.75) is 52.2 Å². The standard InChI is InChI=1S/C28H30O4.Na/c1-4-31-26(17-27(29)30)20-11-13-21(14-12-20)32-25-16-15-22-23(25)9-6-10-24(22)28-18(2)7-5-8-19(28)3;/h5-14,25-26H,4,15-17H2,1-3H3,(H,29,30);/q;+1/p-1/t25-,26+;/m1./s1. The zero-order valence-corrected chi connectivity index (χ0v) is 21.9. The molecule has 2 atom stereocenters. The first-order valence-corrected chi connectivity index (χ1v) is 11.2. The number of carboxylic acids is 1. The first kappa shape index (κ1) is 25.5. The Morgan fingerprint density at radius 3 is 2.33 bits per heavy atom. The van der Waals surface area contributed by atoms with Crippen LogP contribution in [0.4, 0.5) is 0 Å². The first-order chi connectivity index (χ1) is 15.5. The van der Waals surface area contributed by atoms with Crippen molar-refractivity contribution < 1.29 is 48.9 Å². The van der Waals surface area contributed by atoms with Crippen LogP contribution in [-0.4, -0.2) is 12.6 Å². The van der Waals surface area contributed by atoms with Crippen LogP contribution in [0.25, 0.3) is 11.1 Å². The molecule has 0 saturated heterocycles. The molecule has 1 aliphatic rings. The smallest absolute Gasteiger partial charge is 0.550 e. The number of hydrogen-bond donors (Lipinski definition) is 0. The minimum absolute atomic E-state index is 0. The quantitative estimate of drug-likeness (QED) is 0.492. The van der Waals surface area contributed by atoms with Crippen LogP contribution in [0.2, 0.25) is 0 Å². The monoisotopic (exact) mass is 452 g/mol. The third kappa shape index (κ3) is 5.70. The van der Waals surface area contributed by atoms with Crippen molar-refractivity contribution in [1.82, 2.24) is 0 Å². The Morgan fingerprint density at radius 1 is 1.03 bits per heavy atom. The summed E-state index contributed by atoms with van der Waals surface area (Å²) >= 11 is 0. The Hall–Kier alpha value is -2.11. The molecule has 0 amide bonds. The van der Waals surface area contributed by atoms with E-state index in [4.69, 9.17) is 9.47 Å². The van der Waals surface area contributed by atoms with Gasteiger partial charge in [-0.3, -0.25) is 0 Å². The maximum Gasteiger partial charge on any atom is 1.00 e. The molecule has 4 nitrogen and oxygen atoms in total. The van der Waals surface area contributed by atoms with Crippen LogP contribution in [0.1, 0.15) is 59.8 Å². The number of rotatable bonds is 8. The minimum atomic E-state index is -1.12. The van der Waals surface area contributed by atoms with Crippen molar-refractivity contribution in [3.8, 4) is 16.9 Å². The average molecular weight is 453 g/mol. The van der Waals surface area contributed by atoms with E-state index in [-0.39, 0.29) is 42.1 Å². The fourth-order valence-electron chi connectivity index (χ4n) is 4.76. The second kappa shape index (κ2) is 11.3. The van der Waals surface area contributed by atoms with Crippen LogP contribution < -0.4 is 39.4 Å². The molecule has 166 valence electrons. The third-order valence-electron chi connectivity index (χ3n) is 6.22. The molecule has 3 aromatic rings. The summed E-state index contributed by atoms with van der Waals surface area (Å²) in [6.45, 7) is 6.63. The van der Waals surface area contributed by atoms with Gasteiger partial charge in [0, 0.05) is 19.0 Å². The van der Waals surface area contributed by atoms with E-state index in [1.165, 1.54) is 33.4 Å². The maximum atomic E-state index is 11.0. The van der Waals surface area contributed by atoms with Crippen molar-refractivity contribution in [2.24, 2.45) is 0 Å². The van der Waals surface area contributed by atoms with Gasteiger partial charge in [-0.15, -0.1) is 0 Å². The molecule has 0 spiro atoms. The van der Waals surface area contributed by atoms with Gasteiger partial charge in [-0.05, 0) is 84.7 Å². The van der Waals surface area contributed by atoms with Gasteiger partial charge in [0.2, 0.25) is 0 Å². The first-order valence-electron chi connectivity index (χ1n) is 11.2. The fraction of sp³-hybridized carbons (Fsp3) is 0.321. The van der Waals surface area contributed by atoms with Crippen molar-refractivity contribution in [2.75, 3.05) is 6.61 Å². The molecule has 0 bridgehead atoms. The summed E-state index contributed by atoms with van der Waals surface area (Å²) in [6, 6.07) is 20.5. The molecule has 5 heteroatoms. The van der Waals surface area contributed by atoms with Crippen LogP contribution in [-0.2, 0) is 16.0 Å². The van der Waals surface area contributed by atoms with E-state index in [0.717, 1.165) is 24.2 Å². The molecule has 4 rings (SSSR count). The molecule has 1 aliphatic carbocycles. The summed E-state index contributed by atoms with van der Waals surface area (Å²) in [4.78, 5) is 11.0. The molecule has 0 unspecified atom stereocenters. The summed E-state index contributed by atoms with van der Waals surface area (Å²) in [6.07, 6.45) is 1.26. The Labute approximate surface area is 218 Å². The maximum absolute atomic E-state index is 11.0. The molecule has 0 aromatic heterocycles. The zero-order valence-electron chi connectivity index (χ0n) is 19.9. The minimum Gasteiger partial charge on any atom is -0.550 e. The van der Waals surface area contributed by atoms with E-state index in [1.54, 1.807) is 0 Å². The zero-order chi connectivity index (χ0) is 22.7. The van der Waals surface area contributed by atoms with Gasteiger partial charge < -0.3 is 19.4 Å². The largest absolute Gasteiger partial charge is 1.00 e. The summed E-state index contributed by atoms with van der Waals surface area (Å²) in [5.74, 6) is -0.348. The van der Waals surface area contributed by atoms with Crippen LogP contribution >= 0.6 is 0 Å². The molecule has 0 heterocycles. The molecule has 0 radical (unpaired) electrons. The van der Waals surface area contributed by atoms with Crippen molar-refractivity contribution in [3.63, 3.8) is 0 Å². The normalized spacial score (nSPS) is 15.4. The van der Waals surface area contributed by atoms with Gasteiger partial charge in [0.1, 0.15) is 11.9 Å². The number of aryl methyl sites for hydroxylation is 2. The SMILES string of the molecule is CCO[C@@H](CC(=O)[O-])c1ccc(O[C@@H]2CCc3c(-c4c(C)cccc4C)cccc32)cc1.[Na+].